The van der Waals surface area contributed by atoms with Crippen molar-refractivity contribution in [2.45, 2.75) is 79.7 Å². The highest BCUT2D eigenvalue weighted by Gasteiger charge is 2.32. The maximum atomic E-state index is 12.5. The van der Waals surface area contributed by atoms with Crippen LogP contribution in [-0.2, 0) is 9.47 Å². The largest absolute Gasteiger partial charge is 0.462 e. The van der Waals surface area contributed by atoms with E-state index in [4.69, 9.17) is 21.7 Å². The Kier molecular flexibility index (Phi) is 9.30. The Hall–Kier alpha value is -1.67. The predicted octanol–water partition coefficient (Wildman–Crippen LogP) is 5.69. The summed E-state index contributed by atoms with van der Waals surface area (Å²) in [6.07, 6.45) is 5.68. The van der Waals surface area contributed by atoms with Crippen LogP contribution in [0.1, 0.15) is 92.3 Å². The standard InChI is InChI=1S/C23H36N2O4S2/c1-7-23(5,6)15-10-12-16(13-11-15)24-22(30)25-19-17(20(26)28-8-2)14(4)18(31-19)21(27)29-9-3/h15-16H,7-13H2,1-6H3,(H2,24,25,30). The van der Waals surface area contributed by atoms with Gasteiger partial charge in [-0.1, -0.05) is 27.2 Å². The van der Waals surface area contributed by atoms with Gasteiger partial charge in [0.1, 0.15) is 9.88 Å². The summed E-state index contributed by atoms with van der Waals surface area (Å²) in [6, 6.07) is 0.306. The van der Waals surface area contributed by atoms with E-state index in [1.807, 2.05) is 0 Å². The van der Waals surface area contributed by atoms with Crippen molar-refractivity contribution in [3.8, 4) is 0 Å². The Balaban J connectivity index is 2.09. The number of ether oxygens (including phenoxy) is 2. The molecule has 1 fully saturated rings. The highest BCUT2D eigenvalue weighted by Crippen LogP contribution is 2.40. The molecule has 0 amide bonds. The smallest absolute Gasteiger partial charge is 0.348 e. The van der Waals surface area contributed by atoms with E-state index >= 15 is 0 Å². The first kappa shape index (κ1) is 25.6. The van der Waals surface area contributed by atoms with Crippen molar-refractivity contribution in [2.24, 2.45) is 11.3 Å². The third kappa shape index (κ3) is 6.42. The third-order valence-corrected chi connectivity index (χ3v) is 7.80. The van der Waals surface area contributed by atoms with E-state index in [1.54, 1.807) is 20.8 Å². The van der Waals surface area contributed by atoms with Crippen LogP contribution >= 0.6 is 23.6 Å². The molecule has 31 heavy (non-hydrogen) atoms. The van der Waals surface area contributed by atoms with Crippen LogP contribution in [0.2, 0.25) is 0 Å². The Morgan fingerprint density at radius 1 is 1.06 bits per heavy atom. The summed E-state index contributed by atoms with van der Waals surface area (Å²) in [5.74, 6) is -0.182. The first-order valence-electron chi connectivity index (χ1n) is 11.2. The van der Waals surface area contributed by atoms with Gasteiger partial charge in [0.05, 0.1) is 18.8 Å². The number of anilines is 1. The van der Waals surface area contributed by atoms with Crippen LogP contribution in [0.5, 0.6) is 0 Å². The number of thiocarbonyl (C=S) groups is 1. The van der Waals surface area contributed by atoms with E-state index in [-0.39, 0.29) is 13.2 Å². The van der Waals surface area contributed by atoms with Gasteiger partial charge in [-0.3, -0.25) is 0 Å². The first-order valence-corrected chi connectivity index (χ1v) is 12.4. The molecule has 0 aromatic carbocycles. The average Bonchev–Trinajstić information content (AvgIpc) is 3.04. The van der Waals surface area contributed by atoms with Crippen molar-refractivity contribution in [2.75, 3.05) is 18.5 Å². The molecule has 6 nitrogen and oxygen atoms in total. The molecule has 1 aliphatic carbocycles. The van der Waals surface area contributed by atoms with Crippen molar-refractivity contribution < 1.29 is 19.1 Å². The average molecular weight is 469 g/mol. The fraction of sp³-hybridized carbons (Fsp3) is 0.696. The Morgan fingerprint density at radius 2 is 1.65 bits per heavy atom. The molecule has 0 unspecified atom stereocenters. The molecule has 1 aromatic heterocycles. The van der Waals surface area contributed by atoms with Gasteiger partial charge >= 0.3 is 11.9 Å². The summed E-state index contributed by atoms with van der Waals surface area (Å²) in [6.45, 7) is 12.7. The summed E-state index contributed by atoms with van der Waals surface area (Å²) in [4.78, 5) is 25.2. The zero-order valence-corrected chi connectivity index (χ0v) is 21.2. The molecule has 1 aliphatic rings. The molecule has 0 radical (unpaired) electrons. The van der Waals surface area contributed by atoms with Crippen LogP contribution in [0, 0.1) is 18.3 Å². The van der Waals surface area contributed by atoms with Crippen molar-refractivity contribution in [1.82, 2.24) is 5.32 Å². The van der Waals surface area contributed by atoms with Crippen LogP contribution in [0.3, 0.4) is 0 Å². The summed E-state index contributed by atoms with van der Waals surface area (Å²) >= 11 is 6.71. The summed E-state index contributed by atoms with van der Waals surface area (Å²) in [5, 5.41) is 7.51. The van der Waals surface area contributed by atoms with Gasteiger partial charge in [0.15, 0.2) is 5.11 Å². The topological polar surface area (TPSA) is 76.7 Å². The lowest BCUT2D eigenvalue weighted by molar-refractivity contribution is 0.0527. The van der Waals surface area contributed by atoms with Gasteiger partial charge in [0, 0.05) is 6.04 Å². The molecule has 174 valence electrons. The molecule has 1 heterocycles. The fourth-order valence-corrected chi connectivity index (χ4v) is 5.50. The Morgan fingerprint density at radius 3 is 2.19 bits per heavy atom. The molecule has 8 heteroatoms. The number of esters is 2. The quantitative estimate of drug-likeness (QED) is 0.375. The van der Waals surface area contributed by atoms with Crippen LogP contribution < -0.4 is 10.6 Å². The van der Waals surface area contributed by atoms with Crippen molar-refractivity contribution in [3.63, 3.8) is 0 Å². The van der Waals surface area contributed by atoms with E-state index < -0.39 is 11.9 Å². The second kappa shape index (κ2) is 11.3. The number of rotatable bonds is 8. The minimum absolute atomic E-state index is 0.252. The van der Waals surface area contributed by atoms with Crippen LogP contribution in [0.4, 0.5) is 5.00 Å². The van der Waals surface area contributed by atoms with Gasteiger partial charge in [-0.25, -0.2) is 9.59 Å². The van der Waals surface area contributed by atoms with Gasteiger partial charge in [-0.05, 0) is 75.6 Å². The number of hydrogen-bond acceptors (Lipinski definition) is 6. The second-order valence-corrected chi connectivity index (χ2v) is 10.1. The zero-order valence-electron chi connectivity index (χ0n) is 19.6. The van der Waals surface area contributed by atoms with Crippen LogP contribution in [0.15, 0.2) is 0 Å². The van der Waals surface area contributed by atoms with Crippen molar-refractivity contribution in [3.05, 3.63) is 16.0 Å². The first-order chi connectivity index (χ1) is 14.6. The molecule has 1 saturated carbocycles. The van der Waals surface area contributed by atoms with Crippen LogP contribution in [-0.4, -0.2) is 36.3 Å². The van der Waals surface area contributed by atoms with Gasteiger partial charge in [0.25, 0.3) is 0 Å². The molecule has 0 atom stereocenters. The molecule has 1 aromatic rings. The third-order valence-electron chi connectivity index (χ3n) is 6.39. The molecule has 2 N–H and O–H groups in total. The highest BCUT2D eigenvalue weighted by atomic mass is 32.1. The minimum atomic E-state index is -0.473. The summed E-state index contributed by atoms with van der Waals surface area (Å²) in [5.41, 5.74) is 1.26. The Bertz CT molecular complexity index is 796. The summed E-state index contributed by atoms with van der Waals surface area (Å²) < 4.78 is 10.3. The highest BCUT2D eigenvalue weighted by molar-refractivity contribution is 7.80. The van der Waals surface area contributed by atoms with Gasteiger partial charge in [-0.2, -0.15) is 0 Å². The molecule has 0 spiro atoms. The lowest BCUT2D eigenvalue weighted by atomic mass is 9.69. The second-order valence-electron chi connectivity index (χ2n) is 8.69. The number of carbonyl (C=O) groups excluding carboxylic acids is 2. The van der Waals surface area contributed by atoms with E-state index in [9.17, 15) is 9.59 Å². The molecular weight excluding hydrogens is 432 g/mol. The lowest BCUT2D eigenvalue weighted by Gasteiger charge is -2.39. The fourth-order valence-electron chi connectivity index (χ4n) is 4.07. The summed E-state index contributed by atoms with van der Waals surface area (Å²) in [7, 11) is 0. The molecule has 0 aliphatic heterocycles. The Labute approximate surface area is 195 Å². The van der Waals surface area contributed by atoms with Crippen molar-refractivity contribution >= 4 is 45.6 Å². The van der Waals surface area contributed by atoms with E-state index in [0.29, 0.717) is 37.6 Å². The van der Waals surface area contributed by atoms with Gasteiger partial charge < -0.3 is 20.1 Å². The SMILES string of the molecule is CCOC(=O)c1sc(NC(=S)NC2CCC(C(C)(C)CC)CC2)c(C(=O)OCC)c1C. The number of nitrogens with one attached hydrogen (secondary N) is 2. The molecule has 0 bridgehead atoms. The zero-order chi connectivity index (χ0) is 23.2. The predicted molar refractivity (Wildman–Crippen MR) is 130 cm³/mol. The maximum Gasteiger partial charge on any atom is 0.348 e. The lowest BCUT2D eigenvalue weighted by Crippen LogP contribution is -2.41. The molecular formula is C23H36N2O4S2. The number of carbonyl (C=O) groups is 2. The van der Waals surface area contributed by atoms with Crippen molar-refractivity contribution in [1.29, 1.82) is 0 Å². The van der Waals surface area contributed by atoms with E-state index in [0.717, 1.165) is 18.8 Å². The maximum absolute atomic E-state index is 12.5. The van der Waals surface area contributed by atoms with Gasteiger partial charge in [0.2, 0.25) is 0 Å². The normalized spacial score (nSPS) is 18.9. The number of thiophene rings is 1. The minimum Gasteiger partial charge on any atom is -0.462 e. The molecule has 2 rings (SSSR count). The van der Waals surface area contributed by atoms with Gasteiger partial charge in [-0.15, -0.1) is 11.3 Å². The number of hydrogen-bond donors (Lipinski definition) is 2. The van der Waals surface area contributed by atoms with Crippen LogP contribution in [0.25, 0.3) is 0 Å². The van der Waals surface area contributed by atoms with E-state index in [1.165, 1.54) is 30.6 Å². The molecule has 0 saturated heterocycles. The van der Waals surface area contributed by atoms with E-state index in [2.05, 4.69) is 31.4 Å². The monoisotopic (exact) mass is 468 g/mol.